The molecule has 31 heavy (non-hydrogen) atoms. The van der Waals surface area contributed by atoms with Crippen molar-refractivity contribution in [1.82, 2.24) is 19.9 Å². The van der Waals surface area contributed by atoms with Crippen molar-refractivity contribution in [2.75, 3.05) is 20.8 Å². The third kappa shape index (κ3) is 4.21. The van der Waals surface area contributed by atoms with Crippen LogP contribution < -0.4 is 14.8 Å². The summed E-state index contributed by atoms with van der Waals surface area (Å²) in [4.78, 5) is 21.6. The molecule has 0 saturated heterocycles. The maximum Gasteiger partial charge on any atom is 0.251 e. The summed E-state index contributed by atoms with van der Waals surface area (Å²) in [6.07, 6.45) is 4.12. The van der Waals surface area contributed by atoms with E-state index in [2.05, 4.69) is 15.3 Å². The van der Waals surface area contributed by atoms with Gasteiger partial charge in [-0.25, -0.2) is 9.97 Å². The topological polar surface area (TPSA) is 78.3 Å². The van der Waals surface area contributed by atoms with Crippen LogP contribution in [0.4, 0.5) is 0 Å². The van der Waals surface area contributed by atoms with Crippen LogP contribution in [0.15, 0.2) is 61.1 Å². The van der Waals surface area contributed by atoms with Crippen LogP contribution >= 0.6 is 0 Å². The molecule has 0 spiro atoms. The fourth-order valence-electron chi connectivity index (χ4n) is 3.51. The van der Waals surface area contributed by atoms with Crippen molar-refractivity contribution in [3.8, 4) is 17.2 Å². The average Bonchev–Trinajstić information content (AvgIpc) is 3.23. The summed E-state index contributed by atoms with van der Waals surface area (Å²) in [6, 6.07) is 15.1. The first kappa shape index (κ1) is 20.4. The number of carbonyl (C=O) groups excluding carboxylic acids is 1. The zero-order chi connectivity index (χ0) is 21.8. The Hall–Kier alpha value is -3.87. The molecule has 2 aromatic heterocycles. The molecule has 0 aliphatic rings. The number of hydrogen-bond donors (Lipinski definition) is 1. The van der Waals surface area contributed by atoms with Crippen molar-refractivity contribution >= 4 is 17.1 Å². The second kappa shape index (κ2) is 8.87. The molecule has 7 heteroatoms. The Labute approximate surface area is 180 Å². The summed E-state index contributed by atoms with van der Waals surface area (Å²) in [7, 11) is 3.24. The Kier molecular flexibility index (Phi) is 5.84. The minimum Gasteiger partial charge on any atom is -0.497 e. The lowest BCUT2D eigenvalue weighted by atomic mass is 10.1. The van der Waals surface area contributed by atoms with Crippen LogP contribution in [-0.2, 0) is 6.42 Å². The first-order chi connectivity index (χ1) is 15.1. The molecule has 0 saturated carbocycles. The van der Waals surface area contributed by atoms with E-state index in [1.165, 1.54) is 0 Å². The van der Waals surface area contributed by atoms with E-state index in [9.17, 15) is 4.79 Å². The number of amides is 1. The highest BCUT2D eigenvalue weighted by Gasteiger charge is 2.12. The third-order valence-electron chi connectivity index (χ3n) is 5.21. The molecule has 1 amide bonds. The monoisotopic (exact) mass is 416 g/mol. The zero-order valence-corrected chi connectivity index (χ0v) is 17.8. The number of fused-ring (bicyclic) bond motifs is 1. The standard InChI is InChI=1S/C24H24N4O3/c1-16-6-7-18(13-21(16)28-15-27-20-5-4-11-25-23(20)28)24(29)26-12-10-17-8-9-19(30-2)14-22(17)31-3/h4-9,11,13-15H,10,12H2,1-3H3,(H,26,29). The molecule has 0 unspecified atom stereocenters. The Balaban J connectivity index is 1.49. The van der Waals surface area contributed by atoms with E-state index in [1.807, 2.05) is 60.0 Å². The van der Waals surface area contributed by atoms with E-state index in [0.717, 1.165) is 39.5 Å². The van der Waals surface area contributed by atoms with Gasteiger partial charge in [-0.3, -0.25) is 9.36 Å². The molecule has 0 radical (unpaired) electrons. The number of benzene rings is 2. The highest BCUT2D eigenvalue weighted by Crippen LogP contribution is 2.25. The lowest BCUT2D eigenvalue weighted by Crippen LogP contribution is -2.26. The van der Waals surface area contributed by atoms with Gasteiger partial charge in [0.05, 0.1) is 19.9 Å². The molecule has 7 nitrogen and oxygen atoms in total. The van der Waals surface area contributed by atoms with Crippen molar-refractivity contribution in [2.45, 2.75) is 13.3 Å². The zero-order valence-electron chi connectivity index (χ0n) is 17.8. The Bertz CT molecular complexity index is 1230. The number of methoxy groups -OCH3 is 2. The molecular weight excluding hydrogens is 392 g/mol. The van der Waals surface area contributed by atoms with Gasteiger partial charge in [0, 0.05) is 24.4 Å². The van der Waals surface area contributed by atoms with Crippen molar-refractivity contribution in [1.29, 1.82) is 0 Å². The highest BCUT2D eigenvalue weighted by atomic mass is 16.5. The quantitative estimate of drug-likeness (QED) is 0.497. The second-order valence-electron chi connectivity index (χ2n) is 7.15. The number of imidazole rings is 1. The average molecular weight is 416 g/mol. The van der Waals surface area contributed by atoms with Gasteiger partial charge in [0.1, 0.15) is 23.3 Å². The maximum absolute atomic E-state index is 12.8. The van der Waals surface area contributed by atoms with Crippen molar-refractivity contribution < 1.29 is 14.3 Å². The SMILES string of the molecule is COc1ccc(CCNC(=O)c2ccc(C)c(-n3cnc4cccnc43)c2)c(OC)c1. The number of rotatable bonds is 7. The Morgan fingerprint density at radius 2 is 1.94 bits per heavy atom. The number of nitrogens with zero attached hydrogens (tertiary/aromatic N) is 3. The van der Waals surface area contributed by atoms with Crippen LogP contribution in [0.2, 0.25) is 0 Å². The number of aromatic nitrogens is 3. The molecule has 0 fully saturated rings. The van der Waals surface area contributed by atoms with Gasteiger partial charge in [-0.1, -0.05) is 12.1 Å². The number of carbonyl (C=O) groups is 1. The van der Waals surface area contributed by atoms with Gasteiger partial charge in [0.2, 0.25) is 0 Å². The summed E-state index contributed by atoms with van der Waals surface area (Å²) >= 11 is 0. The normalized spacial score (nSPS) is 10.8. The molecule has 0 atom stereocenters. The number of pyridine rings is 1. The van der Waals surface area contributed by atoms with E-state index >= 15 is 0 Å². The summed E-state index contributed by atoms with van der Waals surface area (Å²) in [5.41, 5.74) is 5.07. The second-order valence-corrected chi connectivity index (χ2v) is 7.15. The fraction of sp³-hybridized carbons (Fsp3) is 0.208. The first-order valence-corrected chi connectivity index (χ1v) is 9.99. The first-order valence-electron chi connectivity index (χ1n) is 9.99. The Morgan fingerprint density at radius 1 is 1.06 bits per heavy atom. The molecule has 1 N–H and O–H groups in total. The van der Waals surface area contributed by atoms with Gasteiger partial charge in [-0.15, -0.1) is 0 Å². The lowest BCUT2D eigenvalue weighted by molar-refractivity contribution is 0.0954. The molecule has 0 aliphatic carbocycles. The number of ether oxygens (including phenoxy) is 2. The van der Waals surface area contributed by atoms with Crippen LogP contribution in [0.5, 0.6) is 11.5 Å². The maximum atomic E-state index is 12.8. The molecule has 2 aromatic carbocycles. The minimum absolute atomic E-state index is 0.133. The van der Waals surface area contributed by atoms with Gasteiger partial charge >= 0.3 is 0 Å². The predicted octanol–water partition coefficient (Wildman–Crippen LogP) is 3.72. The third-order valence-corrected chi connectivity index (χ3v) is 5.21. The molecule has 4 rings (SSSR count). The summed E-state index contributed by atoms with van der Waals surface area (Å²) in [6.45, 7) is 2.49. The summed E-state index contributed by atoms with van der Waals surface area (Å²) in [5.74, 6) is 1.34. The van der Waals surface area contributed by atoms with Gasteiger partial charge < -0.3 is 14.8 Å². The van der Waals surface area contributed by atoms with Crippen LogP contribution in [0.1, 0.15) is 21.5 Å². The summed E-state index contributed by atoms with van der Waals surface area (Å²) in [5, 5.41) is 2.99. The minimum atomic E-state index is -0.133. The van der Waals surface area contributed by atoms with Crippen molar-refractivity contribution in [2.24, 2.45) is 0 Å². The van der Waals surface area contributed by atoms with E-state index < -0.39 is 0 Å². The van der Waals surface area contributed by atoms with Gasteiger partial charge in [0.25, 0.3) is 5.91 Å². The van der Waals surface area contributed by atoms with Gasteiger partial charge in [0.15, 0.2) is 5.65 Å². The van der Waals surface area contributed by atoms with Crippen LogP contribution in [0.3, 0.4) is 0 Å². The molecule has 0 bridgehead atoms. The predicted molar refractivity (Wildman–Crippen MR) is 119 cm³/mol. The number of aryl methyl sites for hydroxylation is 1. The number of nitrogens with one attached hydrogen (secondary N) is 1. The van der Waals surface area contributed by atoms with E-state index in [0.29, 0.717) is 18.5 Å². The molecule has 4 aromatic rings. The van der Waals surface area contributed by atoms with E-state index in [-0.39, 0.29) is 5.91 Å². The fourth-order valence-corrected chi connectivity index (χ4v) is 3.51. The highest BCUT2D eigenvalue weighted by molar-refractivity contribution is 5.95. The molecule has 2 heterocycles. The lowest BCUT2D eigenvalue weighted by Gasteiger charge is -2.12. The molecule has 0 aliphatic heterocycles. The summed E-state index contributed by atoms with van der Waals surface area (Å²) < 4.78 is 12.6. The van der Waals surface area contributed by atoms with Gasteiger partial charge in [-0.05, 0) is 54.8 Å². The van der Waals surface area contributed by atoms with E-state index in [1.54, 1.807) is 26.7 Å². The van der Waals surface area contributed by atoms with E-state index in [4.69, 9.17) is 9.47 Å². The smallest absolute Gasteiger partial charge is 0.251 e. The van der Waals surface area contributed by atoms with Crippen molar-refractivity contribution in [3.63, 3.8) is 0 Å². The largest absolute Gasteiger partial charge is 0.497 e. The molecular formula is C24H24N4O3. The van der Waals surface area contributed by atoms with Crippen molar-refractivity contribution in [3.05, 3.63) is 77.7 Å². The molecule has 158 valence electrons. The van der Waals surface area contributed by atoms with Gasteiger partial charge in [-0.2, -0.15) is 0 Å². The van der Waals surface area contributed by atoms with Crippen LogP contribution in [0, 0.1) is 6.92 Å². The number of hydrogen-bond acceptors (Lipinski definition) is 5. The van der Waals surface area contributed by atoms with Crippen LogP contribution in [-0.4, -0.2) is 41.2 Å². The van der Waals surface area contributed by atoms with Crippen LogP contribution in [0.25, 0.3) is 16.9 Å². The Morgan fingerprint density at radius 3 is 2.74 bits per heavy atom.